The Morgan fingerprint density at radius 2 is 1.86 bits per heavy atom. The van der Waals surface area contributed by atoms with E-state index in [1.165, 1.54) is 25.9 Å². The highest BCUT2D eigenvalue weighted by Gasteiger charge is 2.35. The Morgan fingerprint density at radius 1 is 1.14 bits per heavy atom. The fraction of sp³-hybridized carbons (Fsp3) is 0.318. The van der Waals surface area contributed by atoms with Gasteiger partial charge in [-0.1, -0.05) is 36.4 Å². The Bertz CT molecular complexity index is 994. The molecular weight excluding hydrogens is 368 g/mol. The van der Waals surface area contributed by atoms with E-state index < -0.39 is 0 Å². The minimum absolute atomic E-state index is 0.0672. The van der Waals surface area contributed by atoms with E-state index in [2.05, 4.69) is 44.7 Å². The van der Waals surface area contributed by atoms with Crippen LogP contribution in [0.5, 0.6) is 0 Å². The zero-order chi connectivity index (χ0) is 20.2. The van der Waals surface area contributed by atoms with Gasteiger partial charge in [0.15, 0.2) is 5.69 Å². The van der Waals surface area contributed by atoms with Crippen LogP contribution in [0.3, 0.4) is 0 Å². The summed E-state index contributed by atoms with van der Waals surface area (Å²) in [5.74, 6) is 0.543. The lowest BCUT2D eigenvalue weighted by atomic mass is 9.84. The first-order valence-electron chi connectivity index (χ1n) is 9.84. The molecule has 29 heavy (non-hydrogen) atoms. The summed E-state index contributed by atoms with van der Waals surface area (Å²) in [7, 11) is 0. The zero-order valence-corrected chi connectivity index (χ0v) is 16.0. The number of nitrogens with one attached hydrogen (secondary N) is 2. The van der Waals surface area contributed by atoms with E-state index >= 15 is 0 Å². The second-order valence-electron chi connectivity index (χ2n) is 7.52. The maximum atomic E-state index is 12.8. The van der Waals surface area contributed by atoms with E-state index in [0.717, 1.165) is 28.6 Å². The molecule has 0 saturated carbocycles. The van der Waals surface area contributed by atoms with Crippen LogP contribution in [0.2, 0.25) is 0 Å². The summed E-state index contributed by atoms with van der Waals surface area (Å²) in [6, 6.07) is 16.6. The SMILES string of the molecule is O=C(N[C@@H]1CN2CCC1CC2)c1n[nH]c2cc(-c3ccccc3)ccc12.O=CO. The third-order valence-corrected chi connectivity index (χ3v) is 5.86. The molecule has 4 heterocycles. The van der Waals surface area contributed by atoms with Crippen molar-refractivity contribution in [2.24, 2.45) is 5.92 Å². The second kappa shape index (κ2) is 8.45. The van der Waals surface area contributed by atoms with Gasteiger partial charge in [0.25, 0.3) is 12.4 Å². The van der Waals surface area contributed by atoms with Gasteiger partial charge in [-0.05, 0) is 55.1 Å². The number of aromatic nitrogens is 2. The van der Waals surface area contributed by atoms with Gasteiger partial charge in [0.1, 0.15) is 0 Å². The fourth-order valence-corrected chi connectivity index (χ4v) is 4.37. The van der Waals surface area contributed by atoms with Gasteiger partial charge in [-0.25, -0.2) is 0 Å². The van der Waals surface area contributed by atoms with Crippen LogP contribution in [0.15, 0.2) is 48.5 Å². The van der Waals surface area contributed by atoms with Gasteiger partial charge < -0.3 is 15.3 Å². The number of H-pyrrole nitrogens is 1. The van der Waals surface area contributed by atoms with E-state index in [1.807, 2.05) is 24.3 Å². The molecule has 0 radical (unpaired) electrons. The van der Waals surface area contributed by atoms with Gasteiger partial charge >= 0.3 is 0 Å². The van der Waals surface area contributed by atoms with Crippen LogP contribution >= 0.6 is 0 Å². The van der Waals surface area contributed by atoms with Gasteiger partial charge in [0.05, 0.1) is 5.52 Å². The van der Waals surface area contributed by atoms with Crippen LogP contribution in [0.4, 0.5) is 0 Å². The summed E-state index contributed by atoms with van der Waals surface area (Å²) in [6.45, 7) is 3.06. The molecule has 2 aromatic carbocycles. The highest BCUT2D eigenvalue weighted by atomic mass is 16.3. The van der Waals surface area contributed by atoms with Crippen LogP contribution < -0.4 is 5.32 Å². The molecule has 6 rings (SSSR count). The lowest BCUT2D eigenvalue weighted by molar-refractivity contribution is -0.122. The lowest BCUT2D eigenvalue weighted by Crippen LogP contribution is -2.57. The minimum atomic E-state index is -0.250. The van der Waals surface area contributed by atoms with Crippen molar-refractivity contribution in [1.29, 1.82) is 0 Å². The first-order chi connectivity index (χ1) is 14.2. The number of fused-ring (bicyclic) bond motifs is 4. The van der Waals surface area contributed by atoms with Crippen molar-refractivity contribution in [2.45, 2.75) is 18.9 Å². The van der Waals surface area contributed by atoms with Crippen molar-refractivity contribution in [2.75, 3.05) is 19.6 Å². The number of nitrogens with zero attached hydrogens (tertiary/aromatic N) is 2. The smallest absolute Gasteiger partial charge is 0.290 e. The first kappa shape index (κ1) is 19.1. The Morgan fingerprint density at radius 3 is 2.52 bits per heavy atom. The molecular formula is C22H24N4O3. The number of carboxylic acid groups (broad SMARTS) is 1. The molecule has 150 valence electrons. The van der Waals surface area contributed by atoms with E-state index in [0.29, 0.717) is 11.6 Å². The maximum Gasteiger partial charge on any atom is 0.290 e. The largest absolute Gasteiger partial charge is 0.483 e. The summed E-state index contributed by atoms with van der Waals surface area (Å²) >= 11 is 0. The number of hydrogen-bond donors (Lipinski definition) is 3. The van der Waals surface area contributed by atoms with Crippen molar-refractivity contribution < 1.29 is 14.7 Å². The van der Waals surface area contributed by atoms with Gasteiger partial charge in [-0.15, -0.1) is 0 Å². The number of piperidine rings is 3. The molecule has 1 amide bonds. The van der Waals surface area contributed by atoms with E-state index in [4.69, 9.17) is 9.90 Å². The molecule has 3 aliphatic heterocycles. The van der Waals surface area contributed by atoms with E-state index in [-0.39, 0.29) is 18.4 Å². The molecule has 3 aliphatic rings. The predicted octanol–water partition coefficient (Wildman–Crippen LogP) is 2.75. The number of amides is 1. The van der Waals surface area contributed by atoms with Gasteiger partial charge in [-0.3, -0.25) is 14.7 Å². The number of benzene rings is 2. The van der Waals surface area contributed by atoms with Gasteiger partial charge in [-0.2, -0.15) is 5.10 Å². The maximum absolute atomic E-state index is 12.8. The molecule has 0 unspecified atom stereocenters. The summed E-state index contributed by atoms with van der Waals surface area (Å²) in [5, 5.41) is 18.3. The molecule has 0 aliphatic carbocycles. The summed E-state index contributed by atoms with van der Waals surface area (Å²) in [5.41, 5.74) is 3.66. The first-order valence-corrected chi connectivity index (χ1v) is 9.84. The standard InChI is InChI=1S/C21H22N4O.CH2O2/c26-21(22-19-13-25-10-8-15(19)9-11-25)20-17-7-6-16(12-18(17)23-24-20)14-4-2-1-3-5-14;2-1-3/h1-7,12,15,19H,8-11,13H2,(H,22,26)(H,23,24);1H,(H,2,3)/t19-;/m1./s1. The molecule has 1 aromatic heterocycles. The third kappa shape index (κ3) is 4.00. The number of carbonyl (C=O) groups is 2. The monoisotopic (exact) mass is 392 g/mol. The molecule has 0 spiro atoms. The molecule has 3 aromatic rings. The topological polar surface area (TPSA) is 98.3 Å². The highest BCUT2D eigenvalue weighted by molar-refractivity contribution is 6.05. The highest BCUT2D eigenvalue weighted by Crippen LogP contribution is 2.28. The van der Waals surface area contributed by atoms with Crippen LogP contribution in [0.1, 0.15) is 23.3 Å². The summed E-state index contributed by atoms with van der Waals surface area (Å²) in [4.78, 5) is 23.6. The Hall–Kier alpha value is -3.19. The number of carbonyl (C=O) groups excluding carboxylic acids is 1. The third-order valence-electron chi connectivity index (χ3n) is 5.86. The summed E-state index contributed by atoms with van der Waals surface area (Å²) in [6.07, 6.45) is 2.37. The Kier molecular flexibility index (Phi) is 5.57. The average Bonchev–Trinajstić information content (AvgIpc) is 3.19. The van der Waals surface area contributed by atoms with Crippen molar-refractivity contribution in [1.82, 2.24) is 20.4 Å². The average molecular weight is 392 g/mol. The normalized spacial score (nSPS) is 22.6. The lowest BCUT2D eigenvalue weighted by Gasteiger charge is -2.44. The molecule has 3 saturated heterocycles. The molecule has 3 N–H and O–H groups in total. The predicted molar refractivity (Wildman–Crippen MR) is 111 cm³/mol. The second-order valence-corrected chi connectivity index (χ2v) is 7.52. The van der Waals surface area contributed by atoms with Crippen molar-refractivity contribution in [3.05, 3.63) is 54.2 Å². The van der Waals surface area contributed by atoms with Crippen LogP contribution in [-0.4, -0.2) is 58.3 Å². The van der Waals surface area contributed by atoms with Crippen LogP contribution in [-0.2, 0) is 4.79 Å². The minimum Gasteiger partial charge on any atom is -0.483 e. The number of rotatable bonds is 3. The number of aromatic amines is 1. The van der Waals surface area contributed by atoms with E-state index in [1.54, 1.807) is 0 Å². The van der Waals surface area contributed by atoms with Crippen molar-refractivity contribution in [3.63, 3.8) is 0 Å². The molecule has 2 bridgehead atoms. The molecule has 7 nitrogen and oxygen atoms in total. The van der Waals surface area contributed by atoms with Crippen LogP contribution in [0.25, 0.3) is 22.0 Å². The van der Waals surface area contributed by atoms with Crippen molar-refractivity contribution in [3.8, 4) is 11.1 Å². The van der Waals surface area contributed by atoms with Crippen LogP contribution in [0, 0.1) is 5.92 Å². The number of hydrogen-bond acceptors (Lipinski definition) is 4. The fourth-order valence-electron chi connectivity index (χ4n) is 4.37. The van der Waals surface area contributed by atoms with Gasteiger partial charge in [0.2, 0.25) is 0 Å². The van der Waals surface area contributed by atoms with Gasteiger partial charge in [0, 0.05) is 18.0 Å². The molecule has 7 heteroatoms. The van der Waals surface area contributed by atoms with E-state index in [9.17, 15) is 4.79 Å². The summed E-state index contributed by atoms with van der Waals surface area (Å²) < 4.78 is 0. The zero-order valence-electron chi connectivity index (χ0n) is 16.0. The Balaban J connectivity index is 0.000000645. The molecule has 3 fully saturated rings. The Labute approximate surface area is 168 Å². The van der Waals surface area contributed by atoms with Crippen molar-refractivity contribution >= 4 is 23.3 Å². The quantitative estimate of drug-likeness (QED) is 0.596. The molecule has 1 atom stereocenters.